The van der Waals surface area contributed by atoms with Crippen LogP contribution in [0.5, 0.6) is 0 Å². The van der Waals surface area contributed by atoms with E-state index in [1.165, 1.54) is 0 Å². The molecule has 0 radical (unpaired) electrons. The van der Waals surface area contributed by atoms with Crippen molar-refractivity contribution in [3.05, 3.63) is 17.2 Å². The first-order valence-corrected chi connectivity index (χ1v) is 2.36. The molecule has 46 valence electrons. The number of rotatable bonds is 0. The van der Waals surface area contributed by atoms with Gasteiger partial charge in [-0.25, -0.2) is 0 Å². The Balaban J connectivity index is 3.27. The number of hydrogen-bond acceptors (Lipinski definition) is 2. The molecule has 0 fully saturated rings. The highest BCUT2D eigenvalue weighted by atomic mass is 19.1. The number of hydrogen-bond donors (Lipinski definition) is 1. The highest BCUT2D eigenvalue weighted by Crippen LogP contribution is 2.04. The first-order chi connectivity index (χ1) is 4.25. The number of aryl methyl sites for hydroxylation is 1. The van der Waals surface area contributed by atoms with Crippen molar-refractivity contribution < 1.29 is 4.39 Å². The molecule has 0 saturated heterocycles. The maximum absolute atomic E-state index is 12.2. The van der Waals surface area contributed by atoms with E-state index in [9.17, 15) is 4.39 Å². The summed E-state index contributed by atoms with van der Waals surface area (Å²) in [4.78, 5) is 0. The van der Waals surface area contributed by atoms with E-state index < -0.39 is 5.95 Å². The molecule has 1 aromatic heterocycles. The predicted molar refractivity (Wildman–Crippen MR) is 28.0 cm³/mol. The molecule has 9 heavy (non-hydrogen) atoms. The third kappa shape index (κ3) is 0.765. The van der Waals surface area contributed by atoms with Crippen LogP contribution in [0.1, 0.15) is 11.3 Å². The second-order valence-corrected chi connectivity index (χ2v) is 1.63. The average Bonchev–Trinajstić information content (AvgIpc) is 2.12. The van der Waals surface area contributed by atoms with Crippen LogP contribution in [0.15, 0.2) is 0 Å². The van der Waals surface area contributed by atoms with E-state index in [2.05, 4.69) is 10.2 Å². The Morgan fingerprint density at radius 3 is 2.67 bits per heavy atom. The van der Waals surface area contributed by atoms with Crippen molar-refractivity contribution in [3.8, 4) is 6.07 Å². The van der Waals surface area contributed by atoms with Crippen LogP contribution in [0.3, 0.4) is 0 Å². The maximum atomic E-state index is 12.2. The van der Waals surface area contributed by atoms with Gasteiger partial charge < -0.3 is 0 Å². The predicted octanol–water partition coefficient (Wildman–Crippen LogP) is 0.729. The fourth-order valence-corrected chi connectivity index (χ4v) is 0.529. The summed E-state index contributed by atoms with van der Waals surface area (Å²) in [5, 5.41) is 13.8. The van der Waals surface area contributed by atoms with Crippen molar-refractivity contribution in [2.24, 2.45) is 0 Å². The zero-order chi connectivity index (χ0) is 6.85. The molecule has 0 aromatic carbocycles. The van der Waals surface area contributed by atoms with E-state index in [1.807, 2.05) is 0 Å². The molecule has 0 saturated carbocycles. The minimum absolute atomic E-state index is 0.00463. The molecule has 3 nitrogen and oxygen atoms in total. The SMILES string of the molecule is Cc1[nH]nc(F)c1C#N. The van der Waals surface area contributed by atoms with Crippen LogP contribution in [-0.2, 0) is 0 Å². The molecule has 0 unspecified atom stereocenters. The molecule has 0 atom stereocenters. The van der Waals surface area contributed by atoms with E-state index >= 15 is 0 Å². The fourth-order valence-electron chi connectivity index (χ4n) is 0.529. The number of aromatic amines is 1. The van der Waals surface area contributed by atoms with E-state index in [1.54, 1.807) is 13.0 Å². The van der Waals surface area contributed by atoms with Gasteiger partial charge in [0.15, 0.2) is 0 Å². The van der Waals surface area contributed by atoms with Gasteiger partial charge in [0.2, 0.25) is 5.95 Å². The minimum Gasteiger partial charge on any atom is -0.279 e. The second-order valence-electron chi connectivity index (χ2n) is 1.63. The van der Waals surface area contributed by atoms with Crippen molar-refractivity contribution in [2.45, 2.75) is 6.92 Å². The minimum atomic E-state index is -0.727. The number of nitrogens with one attached hydrogen (secondary N) is 1. The zero-order valence-electron chi connectivity index (χ0n) is 4.77. The molecule has 1 rings (SSSR count). The Kier molecular flexibility index (Phi) is 1.19. The molecular weight excluding hydrogens is 121 g/mol. The van der Waals surface area contributed by atoms with Gasteiger partial charge in [-0.15, -0.1) is 5.10 Å². The average molecular weight is 125 g/mol. The highest BCUT2D eigenvalue weighted by molar-refractivity contribution is 5.30. The van der Waals surface area contributed by atoms with E-state index in [4.69, 9.17) is 5.26 Å². The third-order valence-electron chi connectivity index (χ3n) is 1.01. The van der Waals surface area contributed by atoms with Gasteiger partial charge in [-0.1, -0.05) is 0 Å². The van der Waals surface area contributed by atoms with Crippen LogP contribution in [0.25, 0.3) is 0 Å². The number of aromatic nitrogens is 2. The summed E-state index contributed by atoms with van der Waals surface area (Å²) in [5.74, 6) is -0.727. The number of H-pyrrole nitrogens is 1. The first-order valence-electron chi connectivity index (χ1n) is 2.36. The second kappa shape index (κ2) is 1.86. The molecule has 1 aromatic rings. The zero-order valence-corrected chi connectivity index (χ0v) is 4.77. The summed E-state index contributed by atoms with van der Waals surface area (Å²) >= 11 is 0. The third-order valence-corrected chi connectivity index (χ3v) is 1.01. The van der Waals surface area contributed by atoms with Crippen LogP contribution in [0.4, 0.5) is 4.39 Å². The quantitative estimate of drug-likeness (QED) is 0.555. The largest absolute Gasteiger partial charge is 0.279 e. The highest BCUT2D eigenvalue weighted by Gasteiger charge is 2.06. The van der Waals surface area contributed by atoms with Crippen molar-refractivity contribution in [1.82, 2.24) is 10.2 Å². The van der Waals surface area contributed by atoms with Crippen LogP contribution in [0.2, 0.25) is 0 Å². The van der Waals surface area contributed by atoms with Gasteiger partial charge >= 0.3 is 0 Å². The van der Waals surface area contributed by atoms with E-state index in [0.717, 1.165) is 0 Å². The van der Waals surface area contributed by atoms with E-state index in [-0.39, 0.29) is 5.56 Å². The van der Waals surface area contributed by atoms with Crippen LogP contribution in [0, 0.1) is 24.2 Å². The van der Waals surface area contributed by atoms with Gasteiger partial charge in [0.25, 0.3) is 0 Å². The summed E-state index contributed by atoms with van der Waals surface area (Å²) in [7, 11) is 0. The fraction of sp³-hybridized carbons (Fsp3) is 0.200. The summed E-state index contributed by atoms with van der Waals surface area (Å²) in [6.45, 7) is 1.59. The van der Waals surface area contributed by atoms with Crippen molar-refractivity contribution >= 4 is 0 Å². The maximum Gasteiger partial charge on any atom is 0.250 e. The molecule has 0 aliphatic carbocycles. The van der Waals surface area contributed by atoms with Gasteiger partial charge in [-0.2, -0.15) is 9.65 Å². The Morgan fingerprint density at radius 1 is 1.78 bits per heavy atom. The monoisotopic (exact) mass is 125 g/mol. The number of nitriles is 1. The first kappa shape index (κ1) is 5.76. The van der Waals surface area contributed by atoms with Crippen LogP contribution < -0.4 is 0 Å². The van der Waals surface area contributed by atoms with Crippen LogP contribution in [-0.4, -0.2) is 10.2 Å². The summed E-state index contributed by atoms with van der Waals surface area (Å²) in [5.41, 5.74) is 0.463. The van der Waals surface area contributed by atoms with Gasteiger partial charge in [-0.05, 0) is 6.92 Å². The van der Waals surface area contributed by atoms with E-state index in [0.29, 0.717) is 5.69 Å². The molecule has 0 amide bonds. The number of nitrogens with zero attached hydrogens (tertiary/aromatic N) is 2. The molecule has 1 heterocycles. The van der Waals surface area contributed by atoms with Gasteiger partial charge in [0.05, 0.1) is 5.69 Å². The molecular formula is C5H4FN3. The smallest absolute Gasteiger partial charge is 0.250 e. The summed E-state index contributed by atoms with van der Waals surface area (Å²) < 4.78 is 12.2. The van der Waals surface area contributed by atoms with Crippen molar-refractivity contribution in [2.75, 3.05) is 0 Å². The lowest BCUT2D eigenvalue weighted by Crippen LogP contribution is -1.77. The normalized spacial score (nSPS) is 9.00. The summed E-state index contributed by atoms with van der Waals surface area (Å²) in [6.07, 6.45) is 0. The van der Waals surface area contributed by atoms with Gasteiger partial charge in [0, 0.05) is 0 Å². The molecule has 4 heteroatoms. The van der Waals surface area contributed by atoms with Gasteiger partial charge in [-0.3, -0.25) is 5.10 Å². The van der Waals surface area contributed by atoms with Crippen molar-refractivity contribution in [3.63, 3.8) is 0 Å². The summed E-state index contributed by atoms with van der Waals surface area (Å²) in [6, 6.07) is 1.67. The molecule has 0 aliphatic heterocycles. The molecule has 0 aliphatic rings. The van der Waals surface area contributed by atoms with Gasteiger partial charge in [0.1, 0.15) is 11.6 Å². The van der Waals surface area contributed by atoms with Crippen LogP contribution >= 0.6 is 0 Å². The lowest BCUT2D eigenvalue weighted by atomic mass is 10.3. The molecule has 1 N–H and O–H groups in total. The molecule has 0 spiro atoms. The Bertz CT molecular complexity index is 238. The Hall–Kier alpha value is -1.37. The Morgan fingerprint density at radius 2 is 2.44 bits per heavy atom. The Labute approximate surface area is 51.1 Å². The standard InChI is InChI=1S/C5H4FN3/c1-3-4(2-7)5(6)9-8-3/h1H3,(H,8,9). The van der Waals surface area contributed by atoms with Crippen molar-refractivity contribution in [1.29, 1.82) is 5.26 Å². The molecule has 0 bridgehead atoms. The topological polar surface area (TPSA) is 52.5 Å². The number of halogens is 1. The lowest BCUT2D eigenvalue weighted by molar-refractivity contribution is 0.576. The lowest BCUT2D eigenvalue weighted by Gasteiger charge is -1.77.